The molecule has 3 aromatic rings. The van der Waals surface area contributed by atoms with Crippen molar-refractivity contribution in [1.29, 1.82) is 0 Å². The van der Waals surface area contributed by atoms with Crippen LogP contribution >= 0.6 is 0 Å². The Bertz CT molecular complexity index is 1210. The van der Waals surface area contributed by atoms with Crippen LogP contribution in [0.4, 0.5) is 5.69 Å². The highest BCUT2D eigenvalue weighted by molar-refractivity contribution is 7.89. The van der Waals surface area contributed by atoms with Crippen molar-refractivity contribution < 1.29 is 13.2 Å². The molecule has 1 amide bonds. The molecule has 0 bridgehead atoms. The Labute approximate surface area is 168 Å². The minimum Gasteiger partial charge on any atom is -0.325 e. The van der Waals surface area contributed by atoms with Crippen LogP contribution in [-0.4, -0.2) is 41.2 Å². The fraction of sp³-hybridized carbons (Fsp3) is 0.300. The Morgan fingerprint density at radius 1 is 1.07 bits per heavy atom. The van der Waals surface area contributed by atoms with Gasteiger partial charge in [-0.2, -0.15) is 4.31 Å². The van der Waals surface area contributed by atoms with Crippen LogP contribution in [0, 0.1) is 6.92 Å². The second kappa shape index (κ2) is 7.49. The van der Waals surface area contributed by atoms with E-state index in [0.29, 0.717) is 36.1 Å². The Hall–Kier alpha value is -2.91. The van der Waals surface area contributed by atoms with Crippen LogP contribution in [0.15, 0.2) is 52.2 Å². The molecule has 0 saturated carbocycles. The molecule has 2 heterocycles. The number of aromatic nitrogens is 2. The summed E-state index contributed by atoms with van der Waals surface area (Å²) in [5.74, 6) is -0.377. The average Bonchev–Trinajstić information content (AvgIpc) is 3.07. The third kappa shape index (κ3) is 3.83. The molecule has 152 valence electrons. The van der Waals surface area contributed by atoms with E-state index in [9.17, 15) is 18.0 Å². The molecule has 4 rings (SSSR count). The second-order valence-electron chi connectivity index (χ2n) is 7.27. The molecule has 0 unspecified atom stereocenters. The van der Waals surface area contributed by atoms with Crippen molar-refractivity contribution in [3.05, 3.63) is 58.5 Å². The molecule has 1 fully saturated rings. The molecule has 9 heteroatoms. The number of imidazole rings is 1. The fourth-order valence-corrected chi connectivity index (χ4v) is 5.29. The Morgan fingerprint density at radius 3 is 2.55 bits per heavy atom. The predicted octanol–water partition coefficient (Wildman–Crippen LogP) is 2.35. The second-order valence-corrected chi connectivity index (χ2v) is 9.16. The first kappa shape index (κ1) is 19.4. The van der Waals surface area contributed by atoms with Crippen molar-refractivity contribution in [2.45, 2.75) is 37.1 Å². The maximum absolute atomic E-state index is 13.1. The Kier molecular flexibility index (Phi) is 5.01. The van der Waals surface area contributed by atoms with Crippen molar-refractivity contribution >= 4 is 32.7 Å². The lowest BCUT2D eigenvalue weighted by atomic mass is 10.0. The van der Waals surface area contributed by atoms with E-state index in [1.165, 1.54) is 4.31 Å². The fourth-order valence-electron chi connectivity index (χ4n) is 3.64. The number of piperidine rings is 1. The van der Waals surface area contributed by atoms with Crippen LogP contribution in [0.5, 0.6) is 0 Å². The highest BCUT2D eigenvalue weighted by Gasteiger charge is 2.37. The van der Waals surface area contributed by atoms with Gasteiger partial charge in [-0.15, -0.1) is 0 Å². The minimum absolute atomic E-state index is 0.189. The zero-order chi connectivity index (χ0) is 20.6. The lowest BCUT2D eigenvalue weighted by molar-refractivity contribution is -0.120. The number of carbonyl (C=O) groups excluding carboxylic acids is 1. The summed E-state index contributed by atoms with van der Waals surface area (Å²) in [6.07, 6.45) is 1.95. The maximum Gasteiger partial charge on any atom is 0.323 e. The highest BCUT2D eigenvalue weighted by Crippen LogP contribution is 2.27. The number of aryl methyl sites for hydroxylation is 1. The lowest BCUT2D eigenvalue weighted by Crippen LogP contribution is -2.49. The number of nitrogens with one attached hydrogen (secondary N) is 3. The number of benzene rings is 2. The van der Waals surface area contributed by atoms with Gasteiger partial charge < -0.3 is 15.3 Å². The number of sulfonamides is 1. The monoisotopic (exact) mass is 414 g/mol. The van der Waals surface area contributed by atoms with Gasteiger partial charge in [0.1, 0.15) is 6.04 Å². The third-order valence-electron chi connectivity index (χ3n) is 5.17. The summed E-state index contributed by atoms with van der Waals surface area (Å²) in [5.41, 5.74) is 2.34. The summed E-state index contributed by atoms with van der Waals surface area (Å²) in [5, 5.41) is 2.79. The summed E-state index contributed by atoms with van der Waals surface area (Å²) >= 11 is 0. The van der Waals surface area contributed by atoms with E-state index in [-0.39, 0.29) is 16.5 Å². The van der Waals surface area contributed by atoms with E-state index in [1.54, 1.807) is 42.5 Å². The first-order valence-electron chi connectivity index (χ1n) is 9.46. The first-order chi connectivity index (χ1) is 13.8. The van der Waals surface area contributed by atoms with Crippen molar-refractivity contribution in [3.63, 3.8) is 0 Å². The number of nitrogens with zero attached hydrogens (tertiary/aromatic N) is 1. The standard InChI is InChI=1S/C20H22N4O4S/c1-13-5-8-15(9-6-13)29(27,28)24-11-3-2-4-18(24)19(25)21-14-7-10-16-17(12-14)23-20(26)22-16/h5-10,12,18H,2-4,11H2,1H3,(H,21,25)(H2,22,23,26)/t18-/m0/s1. The summed E-state index contributed by atoms with van der Waals surface area (Å²) in [6.45, 7) is 2.20. The molecular weight excluding hydrogens is 392 g/mol. The molecule has 1 saturated heterocycles. The number of anilines is 1. The normalized spacial score (nSPS) is 18.0. The van der Waals surface area contributed by atoms with E-state index >= 15 is 0 Å². The molecule has 8 nitrogen and oxygen atoms in total. The number of H-pyrrole nitrogens is 2. The summed E-state index contributed by atoms with van der Waals surface area (Å²) in [6, 6.07) is 10.9. The summed E-state index contributed by atoms with van der Waals surface area (Å²) in [7, 11) is -3.78. The molecule has 1 aromatic heterocycles. The number of rotatable bonds is 4. The van der Waals surface area contributed by atoms with Gasteiger partial charge in [-0.05, 0) is 50.1 Å². The van der Waals surface area contributed by atoms with Gasteiger partial charge in [0.25, 0.3) is 0 Å². The molecule has 0 aliphatic carbocycles. The van der Waals surface area contributed by atoms with Crippen molar-refractivity contribution in [2.24, 2.45) is 0 Å². The number of hydrogen-bond donors (Lipinski definition) is 3. The van der Waals surface area contributed by atoms with Crippen LogP contribution in [0.2, 0.25) is 0 Å². The maximum atomic E-state index is 13.1. The molecular formula is C20H22N4O4S. The van der Waals surface area contributed by atoms with Crippen molar-refractivity contribution in [1.82, 2.24) is 14.3 Å². The third-order valence-corrected chi connectivity index (χ3v) is 7.09. The molecule has 0 radical (unpaired) electrons. The summed E-state index contributed by atoms with van der Waals surface area (Å²) in [4.78, 5) is 29.8. The van der Waals surface area contributed by atoms with Gasteiger partial charge in [0, 0.05) is 12.2 Å². The van der Waals surface area contributed by atoms with E-state index < -0.39 is 16.1 Å². The first-order valence-corrected chi connectivity index (χ1v) is 10.9. The molecule has 3 N–H and O–H groups in total. The zero-order valence-electron chi connectivity index (χ0n) is 15.9. The van der Waals surface area contributed by atoms with Crippen LogP contribution in [-0.2, 0) is 14.8 Å². The molecule has 29 heavy (non-hydrogen) atoms. The lowest BCUT2D eigenvalue weighted by Gasteiger charge is -2.33. The molecule has 0 spiro atoms. The van der Waals surface area contributed by atoms with Gasteiger partial charge in [0.05, 0.1) is 15.9 Å². The molecule has 2 aromatic carbocycles. The highest BCUT2D eigenvalue weighted by atomic mass is 32.2. The van der Waals surface area contributed by atoms with Gasteiger partial charge >= 0.3 is 5.69 Å². The SMILES string of the molecule is Cc1ccc(S(=O)(=O)N2CCCC[C@H]2C(=O)Nc2ccc3[nH]c(=O)[nH]c3c2)cc1. The molecule has 1 aliphatic rings. The quantitative estimate of drug-likeness (QED) is 0.608. The van der Waals surface area contributed by atoms with Crippen molar-refractivity contribution in [2.75, 3.05) is 11.9 Å². The number of carbonyl (C=O) groups is 1. The van der Waals surface area contributed by atoms with Crippen LogP contribution < -0.4 is 11.0 Å². The van der Waals surface area contributed by atoms with Crippen LogP contribution in [0.1, 0.15) is 24.8 Å². The van der Waals surface area contributed by atoms with Gasteiger partial charge in [-0.1, -0.05) is 24.1 Å². The Balaban J connectivity index is 1.59. The van der Waals surface area contributed by atoms with E-state index in [1.807, 2.05) is 6.92 Å². The topological polar surface area (TPSA) is 115 Å². The number of hydrogen-bond acceptors (Lipinski definition) is 4. The van der Waals surface area contributed by atoms with E-state index in [4.69, 9.17) is 0 Å². The van der Waals surface area contributed by atoms with Gasteiger partial charge in [0.15, 0.2) is 0 Å². The number of amides is 1. The number of aromatic amines is 2. The molecule has 1 aliphatic heterocycles. The minimum atomic E-state index is -3.78. The van der Waals surface area contributed by atoms with Crippen LogP contribution in [0.25, 0.3) is 11.0 Å². The zero-order valence-corrected chi connectivity index (χ0v) is 16.8. The van der Waals surface area contributed by atoms with E-state index in [0.717, 1.165) is 12.0 Å². The molecule has 1 atom stereocenters. The average molecular weight is 414 g/mol. The largest absolute Gasteiger partial charge is 0.325 e. The van der Waals surface area contributed by atoms with Gasteiger partial charge in [-0.25, -0.2) is 13.2 Å². The van der Waals surface area contributed by atoms with Crippen molar-refractivity contribution in [3.8, 4) is 0 Å². The van der Waals surface area contributed by atoms with E-state index in [2.05, 4.69) is 15.3 Å². The number of fused-ring (bicyclic) bond motifs is 1. The smallest absolute Gasteiger partial charge is 0.323 e. The van der Waals surface area contributed by atoms with Crippen LogP contribution in [0.3, 0.4) is 0 Å². The summed E-state index contributed by atoms with van der Waals surface area (Å²) < 4.78 is 27.6. The van der Waals surface area contributed by atoms with Gasteiger partial charge in [0.2, 0.25) is 15.9 Å². The predicted molar refractivity (Wildman–Crippen MR) is 110 cm³/mol. The Morgan fingerprint density at radius 2 is 1.79 bits per heavy atom. The van der Waals surface area contributed by atoms with Gasteiger partial charge in [-0.3, -0.25) is 4.79 Å².